The highest BCUT2D eigenvalue weighted by molar-refractivity contribution is 9.10. The molecule has 0 aliphatic rings. The van der Waals surface area contributed by atoms with Crippen molar-refractivity contribution in [1.82, 2.24) is 4.98 Å². The highest BCUT2D eigenvalue weighted by Gasteiger charge is 2.09. The minimum atomic E-state index is 0.533. The normalized spacial score (nSPS) is 9.93. The van der Waals surface area contributed by atoms with Crippen LogP contribution in [-0.2, 0) is 0 Å². The van der Waals surface area contributed by atoms with Crippen LogP contribution in [0.4, 0.5) is 0 Å². The molecule has 1 aromatic heterocycles. The van der Waals surface area contributed by atoms with Crippen molar-refractivity contribution in [3.63, 3.8) is 0 Å². The van der Waals surface area contributed by atoms with E-state index in [4.69, 9.17) is 10.00 Å². The van der Waals surface area contributed by atoms with E-state index in [1.807, 2.05) is 18.2 Å². The molecule has 0 unspecified atom stereocenters. The number of ether oxygens (including phenoxy) is 1. The van der Waals surface area contributed by atoms with Crippen LogP contribution in [0.25, 0.3) is 10.8 Å². The molecule has 0 fully saturated rings. The van der Waals surface area contributed by atoms with E-state index in [1.54, 1.807) is 7.11 Å². The Balaban J connectivity index is 2.94. The quantitative estimate of drug-likeness (QED) is 0.794. The summed E-state index contributed by atoms with van der Waals surface area (Å²) in [6, 6.07) is 7.77. The van der Waals surface area contributed by atoms with E-state index in [1.165, 1.54) is 6.20 Å². The van der Waals surface area contributed by atoms with Crippen LogP contribution in [0, 0.1) is 11.3 Å². The zero-order valence-electron chi connectivity index (χ0n) is 7.99. The summed E-state index contributed by atoms with van der Waals surface area (Å²) < 4.78 is 6.01. The average molecular weight is 263 g/mol. The van der Waals surface area contributed by atoms with Gasteiger partial charge in [-0.05, 0) is 12.1 Å². The number of rotatable bonds is 1. The van der Waals surface area contributed by atoms with Crippen molar-refractivity contribution in [3.8, 4) is 11.9 Å². The van der Waals surface area contributed by atoms with E-state index < -0.39 is 0 Å². The Kier molecular flexibility index (Phi) is 2.57. The van der Waals surface area contributed by atoms with Gasteiger partial charge in [0.05, 0.1) is 12.7 Å². The molecule has 0 atom stereocenters. The van der Waals surface area contributed by atoms with Gasteiger partial charge in [0.25, 0.3) is 0 Å². The molecular weight excluding hydrogens is 256 g/mol. The molecule has 1 heterocycles. The molecule has 1 aromatic carbocycles. The minimum absolute atomic E-state index is 0.533. The Morgan fingerprint density at radius 2 is 2.27 bits per heavy atom. The van der Waals surface area contributed by atoms with Crippen LogP contribution in [0.1, 0.15) is 5.56 Å². The summed E-state index contributed by atoms with van der Waals surface area (Å²) >= 11 is 3.42. The summed E-state index contributed by atoms with van der Waals surface area (Å²) in [7, 11) is 1.56. The van der Waals surface area contributed by atoms with E-state index in [0.29, 0.717) is 11.4 Å². The predicted molar refractivity (Wildman–Crippen MR) is 60.7 cm³/mol. The monoisotopic (exact) mass is 262 g/mol. The lowest BCUT2D eigenvalue weighted by molar-refractivity contribution is 0.403. The smallest absolute Gasteiger partial charge is 0.221 e. The number of halogens is 1. The summed E-state index contributed by atoms with van der Waals surface area (Å²) in [5, 5.41) is 10.7. The van der Waals surface area contributed by atoms with Gasteiger partial charge < -0.3 is 4.74 Å². The van der Waals surface area contributed by atoms with E-state index >= 15 is 0 Å². The first kappa shape index (κ1) is 9.94. The number of benzene rings is 1. The van der Waals surface area contributed by atoms with Crippen molar-refractivity contribution in [2.45, 2.75) is 0 Å². The first-order valence-electron chi connectivity index (χ1n) is 4.29. The van der Waals surface area contributed by atoms with Crippen molar-refractivity contribution < 1.29 is 4.74 Å². The maximum absolute atomic E-state index is 8.97. The standard InChI is InChI=1S/C11H7BrN2O/c1-15-11-8-3-2-4-9(12)10(8)7(5-13)6-14-11/h2-4,6H,1H3. The predicted octanol–water partition coefficient (Wildman–Crippen LogP) is 2.88. The number of methoxy groups -OCH3 is 1. The molecule has 0 aliphatic carbocycles. The molecule has 0 spiro atoms. The Hall–Kier alpha value is -1.60. The minimum Gasteiger partial charge on any atom is -0.481 e. The number of fused-ring (bicyclic) bond motifs is 1. The summed E-state index contributed by atoms with van der Waals surface area (Å²) in [5.41, 5.74) is 0.540. The van der Waals surface area contributed by atoms with E-state index in [-0.39, 0.29) is 0 Å². The van der Waals surface area contributed by atoms with Crippen LogP contribution >= 0.6 is 15.9 Å². The first-order chi connectivity index (χ1) is 7.27. The molecule has 2 aromatic rings. The van der Waals surface area contributed by atoms with Crippen molar-refractivity contribution in [2.75, 3.05) is 7.11 Å². The Morgan fingerprint density at radius 3 is 2.93 bits per heavy atom. The lowest BCUT2D eigenvalue weighted by atomic mass is 10.1. The van der Waals surface area contributed by atoms with E-state index in [9.17, 15) is 0 Å². The third-order valence-electron chi connectivity index (χ3n) is 2.14. The molecule has 2 rings (SSSR count). The Labute approximate surface area is 95.4 Å². The molecule has 0 radical (unpaired) electrons. The molecule has 0 aliphatic heterocycles. The molecule has 15 heavy (non-hydrogen) atoms. The lowest BCUT2D eigenvalue weighted by Gasteiger charge is -2.06. The molecule has 0 saturated carbocycles. The topological polar surface area (TPSA) is 45.9 Å². The molecule has 74 valence electrons. The Bertz CT molecular complexity index is 560. The summed E-state index contributed by atoms with van der Waals surface area (Å²) in [4.78, 5) is 4.07. The van der Waals surface area contributed by atoms with Gasteiger partial charge in [0.1, 0.15) is 6.07 Å². The fraction of sp³-hybridized carbons (Fsp3) is 0.0909. The summed E-state index contributed by atoms with van der Waals surface area (Å²) in [6.45, 7) is 0. The van der Waals surface area contributed by atoms with Crippen LogP contribution in [0.3, 0.4) is 0 Å². The number of hydrogen-bond donors (Lipinski definition) is 0. The zero-order valence-corrected chi connectivity index (χ0v) is 9.58. The number of hydrogen-bond acceptors (Lipinski definition) is 3. The first-order valence-corrected chi connectivity index (χ1v) is 5.08. The zero-order chi connectivity index (χ0) is 10.8. The van der Waals surface area contributed by atoms with Gasteiger partial charge in [-0.1, -0.05) is 22.0 Å². The van der Waals surface area contributed by atoms with E-state index in [0.717, 1.165) is 15.2 Å². The van der Waals surface area contributed by atoms with Gasteiger partial charge in [-0.25, -0.2) is 4.98 Å². The lowest BCUT2D eigenvalue weighted by Crippen LogP contribution is -1.91. The van der Waals surface area contributed by atoms with Crippen LogP contribution in [0.2, 0.25) is 0 Å². The number of nitriles is 1. The highest BCUT2D eigenvalue weighted by Crippen LogP contribution is 2.31. The van der Waals surface area contributed by atoms with Gasteiger partial charge in [-0.2, -0.15) is 5.26 Å². The second-order valence-electron chi connectivity index (χ2n) is 2.96. The number of pyridine rings is 1. The van der Waals surface area contributed by atoms with Gasteiger partial charge in [-0.15, -0.1) is 0 Å². The SMILES string of the molecule is COc1ncc(C#N)c2c(Br)cccc12. The van der Waals surface area contributed by atoms with Crippen LogP contribution in [0.5, 0.6) is 5.88 Å². The van der Waals surface area contributed by atoms with Crippen molar-refractivity contribution in [2.24, 2.45) is 0 Å². The summed E-state index contributed by atoms with van der Waals surface area (Å²) in [6.07, 6.45) is 1.52. The van der Waals surface area contributed by atoms with E-state index in [2.05, 4.69) is 27.0 Å². The number of aromatic nitrogens is 1. The van der Waals surface area contributed by atoms with Crippen LogP contribution < -0.4 is 4.74 Å². The summed E-state index contributed by atoms with van der Waals surface area (Å²) in [5.74, 6) is 0.533. The maximum atomic E-state index is 8.97. The highest BCUT2D eigenvalue weighted by atomic mass is 79.9. The molecule has 0 bridgehead atoms. The van der Waals surface area contributed by atoms with Crippen LogP contribution in [0.15, 0.2) is 28.9 Å². The maximum Gasteiger partial charge on any atom is 0.221 e. The van der Waals surface area contributed by atoms with Gasteiger partial charge in [0.15, 0.2) is 0 Å². The third-order valence-corrected chi connectivity index (χ3v) is 2.80. The second-order valence-corrected chi connectivity index (χ2v) is 3.81. The molecule has 4 heteroatoms. The van der Waals surface area contributed by atoms with Gasteiger partial charge in [-0.3, -0.25) is 0 Å². The molecule has 0 saturated heterocycles. The van der Waals surface area contributed by atoms with Crippen molar-refractivity contribution in [3.05, 3.63) is 34.4 Å². The Morgan fingerprint density at radius 1 is 1.47 bits per heavy atom. The number of nitrogens with zero attached hydrogens (tertiary/aromatic N) is 2. The van der Waals surface area contributed by atoms with Crippen molar-refractivity contribution >= 4 is 26.7 Å². The fourth-order valence-electron chi connectivity index (χ4n) is 1.48. The second kappa shape index (κ2) is 3.87. The molecular formula is C11H7BrN2O. The third kappa shape index (κ3) is 1.55. The molecule has 3 nitrogen and oxygen atoms in total. The van der Waals surface area contributed by atoms with Gasteiger partial charge in [0, 0.05) is 21.4 Å². The van der Waals surface area contributed by atoms with Gasteiger partial charge in [0.2, 0.25) is 5.88 Å². The fourth-order valence-corrected chi connectivity index (χ4v) is 2.06. The average Bonchev–Trinajstić information content (AvgIpc) is 2.28. The molecule has 0 amide bonds. The van der Waals surface area contributed by atoms with Crippen LogP contribution in [-0.4, -0.2) is 12.1 Å². The largest absolute Gasteiger partial charge is 0.481 e. The van der Waals surface area contributed by atoms with Crippen molar-refractivity contribution in [1.29, 1.82) is 5.26 Å². The molecule has 0 N–H and O–H groups in total. The van der Waals surface area contributed by atoms with Gasteiger partial charge >= 0.3 is 0 Å².